The highest BCUT2D eigenvalue weighted by Crippen LogP contribution is 2.32. The molecule has 3 nitrogen and oxygen atoms in total. The van der Waals surface area contributed by atoms with Crippen LogP contribution < -0.4 is 10.5 Å². The maximum absolute atomic E-state index is 6.74. The molecular formula is C16H26N2O. The van der Waals surface area contributed by atoms with E-state index in [4.69, 9.17) is 10.5 Å². The van der Waals surface area contributed by atoms with Gasteiger partial charge in [-0.25, -0.2) is 0 Å². The minimum Gasteiger partial charge on any atom is -0.497 e. The van der Waals surface area contributed by atoms with Crippen molar-refractivity contribution in [3.63, 3.8) is 0 Å². The van der Waals surface area contributed by atoms with E-state index >= 15 is 0 Å². The van der Waals surface area contributed by atoms with Crippen molar-refractivity contribution in [2.24, 2.45) is 5.73 Å². The van der Waals surface area contributed by atoms with Crippen LogP contribution in [0, 0.1) is 0 Å². The van der Waals surface area contributed by atoms with Gasteiger partial charge in [0.05, 0.1) is 12.6 Å². The van der Waals surface area contributed by atoms with E-state index in [1.807, 2.05) is 24.3 Å². The molecule has 0 aliphatic rings. The Kier molecular flexibility index (Phi) is 5.58. The highest BCUT2D eigenvalue weighted by atomic mass is 16.5. The Hall–Kier alpha value is -1.32. The molecule has 0 radical (unpaired) electrons. The Morgan fingerprint density at radius 1 is 1.47 bits per heavy atom. The third-order valence-electron chi connectivity index (χ3n) is 3.69. The molecule has 0 saturated carbocycles. The molecule has 1 rings (SSSR count). The van der Waals surface area contributed by atoms with E-state index in [9.17, 15) is 0 Å². The Balaban J connectivity index is 3.26. The van der Waals surface area contributed by atoms with Crippen LogP contribution in [0.1, 0.15) is 25.3 Å². The highest BCUT2D eigenvalue weighted by Gasteiger charge is 2.36. The first-order valence-electron chi connectivity index (χ1n) is 6.70. The van der Waals surface area contributed by atoms with Crippen molar-refractivity contribution < 1.29 is 4.74 Å². The lowest BCUT2D eigenvalue weighted by atomic mass is 9.79. The fraction of sp³-hybridized carbons (Fsp3) is 0.500. The maximum atomic E-state index is 6.74. The number of hydrogen-bond acceptors (Lipinski definition) is 3. The second-order valence-corrected chi connectivity index (χ2v) is 5.15. The first-order valence-corrected chi connectivity index (χ1v) is 6.70. The van der Waals surface area contributed by atoms with E-state index in [2.05, 4.69) is 38.6 Å². The number of ether oxygens (including phenoxy) is 1. The van der Waals surface area contributed by atoms with Gasteiger partial charge < -0.3 is 15.4 Å². The van der Waals surface area contributed by atoms with E-state index in [-0.39, 0.29) is 6.04 Å². The molecule has 0 aliphatic carbocycles. The van der Waals surface area contributed by atoms with Gasteiger partial charge in [-0.1, -0.05) is 25.1 Å². The molecule has 0 saturated heterocycles. The van der Waals surface area contributed by atoms with Crippen LogP contribution in [-0.4, -0.2) is 32.1 Å². The molecule has 106 valence electrons. The maximum Gasteiger partial charge on any atom is 0.119 e. The third-order valence-corrected chi connectivity index (χ3v) is 3.69. The van der Waals surface area contributed by atoms with Gasteiger partial charge in [-0.15, -0.1) is 6.58 Å². The highest BCUT2D eigenvalue weighted by molar-refractivity contribution is 5.35. The van der Waals surface area contributed by atoms with Crippen molar-refractivity contribution in [3.8, 4) is 5.75 Å². The van der Waals surface area contributed by atoms with Gasteiger partial charge in [-0.05, 0) is 44.6 Å². The molecule has 0 heterocycles. The number of likely N-dealkylation sites (N-methyl/N-ethyl adjacent to an activating group) is 1. The molecule has 2 unspecified atom stereocenters. The van der Waals surface area contributed by atoms with Crippen molar-refractivity contribution in [2.75, 3.05) is 21.2 Å². The summed E-state index contributed by atoms with van der Waals surface area (Å²) < 4.78 is 5.31. The first-order chi connectivity index (χ1) is 8.99. The molecule has 3 heteroatoms. The zero-order valence-electron chi connectivity index (χ0n) is 12.5. The molecule has 0 aromatic heterocycles. The number of hydrogen-bond donors (Lipinski definition) is 1. The summed E-state index contributed by atoms with van der Waals surface area (Å²) in [4.78, 5) is 2.18. The second kappa shape index (κ2) is 6.73. The SMILES string of the molecule is C=CCC(N)(c1cccc(OC)c1)C(CC)N(C)C. The number of nitrogens with zero attached hydrogens (tertiary/aromatic N) is 1. The van der Waals surface area contributed by atoms with Crippen LogP contribution in [0.5, 0.6) is 5.75 Å². The minimum absolute atomic E-state index is 0.248. The third kappa shape index (κ3) is 3.37. The molecule has 0 fully saturated rings. The van der Waals surface area contributed by atoms with Gasteiger partial charge in [0.15, 0.2) is 0 Å². The van der Waals surface area contributed by atoms with Crippen molar-refractivity contribution in [3.05, 3.63) is 42.5 Å². The topological polar surface area (TPSA) is 38.5 Å². The van der Waals surface area contributed by atoms with Crippen molar-refractivity contribution in [2.45, 2.75) is 31.3 Å². The minimum atomic E-state index is -0.450. The summed E-state index contributed by atoms with van der Waals surface area (Å²) in [6.45, 7) is 6.02. The number of rotatable bonds is 7. The van der Waals surface area contributed by atoms with E-state index < -0.39 is 5.54 Å². The van der Waals surface area contributed by atoms with Crippen LogP contribution >= 0.6 is 0 Å². The average Bonchev–Trinajstić information content (AvgIpc) is 2.39. The lowest BCUT2D eigenvalue weighted by molar-refractivity contribution is 0.170. The van der Waals surface area contributed by atoms with Crippen molar-refractivity contribution in [1.82, 2.24) is 4.90 Å². The van der Waals surface area contributed by atoms with Gasteiger partial charge in [0.2, 0.25) is 0 Å². The van der Waals surface area contributed by atoms with E-state index in [0.717, 1.165) is 24.2 Å². The van der Waals surface area contributed by atoms with Crippen LogP contribution in [0.4, 0.5) is 0 Å². The Labute approximate surface area is 117 Å². The molecule has 0 bridgehead atoms. The molecule has 2 N–H and O–H groups in total. The molecule has 1 aromatic rings. The number of benzene rings is 1. The van der Waals surface area contributed by atoms with Gasteiger partial charge in [0.25, 0.3) is 0 Å². The fourth-order valence-corrected chi connectivity index (χ4v) is 2.79. The van der Waals surface area contributed by atoms with Gasteiger partial charge in [-0.2, -0.15) is 0 Å². The molecule has 2 atom stereocenters. The number of methoxy groups -OCH3 is 1. The van der Waals surface area contributed by atoms with Gasteiger partial charge in [0.1, 0.15) is 5.75 Å². The van der Waals surface area contributed by atoms with E-state index in [1.165, 1.54) is 0 Å². The summed E-state index contributed by atoms with van der Waals surface area (Å²) in [6, 6.07) is 8.27. The quantitative estimate of drug-likeness (QED) is 0.768. The van der Waals surface area contributed by atoms with Crippen LogP contribution in [-0.2, 0) is 5.54 Å². The Morgan fingerprint density at radius 3 is 2.63 bits per heavy atom. The van der Waals surface area contributed by atoms with Gasteiger partial charge in [0, 0.05) is 6.04 Å². The second-order valence-electron chi connectivity index (χ2n) is 5.15. The van der Waals surface area contributed by atoms with Crippen LogP contribution in [0.3, 0.4) is 0 Å². The van der Waals surface area contributed by atoms with Gasteiger partial charge >= 0.3 is 0 Å². The fourth-order valence-electron chi connectivity index (χ4n) is 2.79. The molecule has 1 aromatic carbocycles. The number of nitrogens with two attached hydrogens (primary N) is 1. The summed E-state index contributed by atoms with van der Waals surface area (Å²) in [5.74, 6) is 0.838. The smallest absolute Gasteiger partial charge is 0.119 e. The Morgan fingerprint density at radius 2 is 2.16 bits per heavy atom. The predicted molar refractivity (Wildman–Crippen MR) is 81.4 cm³/mol. The molecule has 0 amide bonds. The standard InChI is InChI=1S/C16H26N2O/c1-6-11-16(17,15(7-2)18(3)4)13-9-8-10-14(12-13)19-5/h6,8-10,12,15H,1,7,11,17H2,2-5H3. The van der Waals surface area contributed by atoms with Crippen LogP contribution in [0.15, 0.2) is 36.9 Å². The molecular weight excluding hydrogens is 236 g/mol. The summed E-state index contributed by atoms with van der Waals surface area (Å²) in [6.07, 6.45) is 3.61. The largest absolute Gasteiger partial charge is 0.497 e. The van der Waals surface area contributed by atoms with E-state index in [0.29, 0.717) is 0 Å². The summed E-state index contributed by atoms with van der Waals surface area (Å²) in [5, 5.41) is 0. The average molecular weight is 262 g/mol. The molecule has 0 aliphatic heterocycles. The van der Waals surface area contributed by atoms with Crippen molar-refractivity contribution >= 4 is 0 Å². The van der Waals surface area contributed by atoms with Crippen LogP contribution in [0.2, 0.25) is 0 Å². The molecule has 0 spiro atoms. The van der Waals surface area contributed by atoms with E-state index in [1.54, 1.807) is 7.11 Å². The molecule has 19 heavy (non-hydrogen) atoms. The zero-order valence-corrected chi connectivity index (χ0v) is 12.5. The van der Waals surface area contributed by atoms with Crippen molar-refractivity contribution in [1.29, 1.82) is 0 Å². The van der Waals surface area contributed by atoms with Gasteiger partial charge in [-0.3, -0.25) is 0 Å². The zero-order chi connectivity index (χ0) is 14.5. The summed E-state index contributed by atoms with van der Waals surface area (Å²) in [5.41, 5.74) is 7.38. The normalized spacial score (nSPS) is 15.9. The Bertz CT molecular complexity index is 417. The summed E-state index contributed by atoms with van der Waals surface area (Å²) >= 11 is 0. The first kappa shape index (κ1) is 15.7. The summed E-state index contributed by atoms with van der Waals surface area (Å²) in [7, 11) is 5.81. The lowest BCUT2D eigenvalue weighted by Gasteiger charge is -2.41. The van der Waals surface area contributed by atoms with Crippen LogP contribution in [0.25, 0.3) is 0 Å². The predicted octanol–water partition coefficient (Wildman–Crippen LogP) is 2.77. The monoisotopic (exact) mass is 262 g/mol. The lowest BCUT2D eigenvalue weighted by Crippen LogP contribution is -2.53.